The van der Waals surface area contributed by atoms with Crippen molar-refractivity contribution >= 4 is 22.4 Å². The van der Waals surface area contributed by atoms with Gasteiger partial charge in [0.2, 0.25) is 0 Å². The van der Waals surface area contributed by atoms with Gasteiger partial charge in [-0.2, -0.15) is 5.10 Å². The lowest BCUT2D eigenvalue weighted by molar-refractivity contribution is 1.12. The number of hydrogen-bond donors (Lipinski definition) is 2. The number of nitrogens with one attached hydrogen (secondary N) is 1. The number of hydrogen-bond acceptors (Lipinski definition) is 4. The molecule has 92 valence electrons. The van der Waals surface area contributed by atoms with Crippen LogP contribution in [0.25, 0.3) is 27.8 Å². The molecule has 3 heterocycles. The molecule has 0 saturated carbocycles. The normalized spacial score (nSPS) is 11.4. The summed E-state index contributed by atoms with van der Waals surface area (Å²) in [6.07, 6.45) is 7.26. The first-order valence-electron chi connectivity index (χ1n) is 5.84. The third kappa shape index (κ3) is 1.46. The molecule has 0 saturated heterocycles. The van der Waals surface area contributed by atoms with E-state index in [1.807, 2.05) is 35.0 Å². The van der Waals surface area contributed by atoms with Crippen LogP contribution >= 0.6 is 0 Å². The predicted octanol–water partition coefficient (Wildman–Crippen LogP) is 1.85. The molecule has 0 aliphatic rings. The molecule has 4 rings (SSSR count). The molecule has 3 N–H and O–H groups in total. The zero-order valence-electron chi connectivity index (χ0n) is 9.91. The van der Waals surface area contributed by atoms with Crippen molar-refractivity contribution in [2.45, 2.75) is 0 Å². The molecule has 0 radical (unpaired) electrons. The number of anilines is 1. The first-order valence-corrected chi connectivity index (χ1v) is 5.84. The van der Waals surface area contributed by atoms with E-state index in [2.05, 4.69) is 20.2 Å². The Balaban J connectivity index is 1.97. The number of rotatable bonds is 1. The molecule has 0 fully saturated rings. The highest BCUT2D eigenvalue weighted by molar-refractivity contribution is 5.83. The average Bonchev–Trinajstić information content (AvgIpc) is 3.06. The second kappa shape index (κ2) is 3.55. The van der Waals surface area contributed by atoms with Crippen LogP contribution in [0.5, 0.6) is 0 Å². The quantitative estimate of drug-likeness (QED) is 0.540. The Bertz CT molecular complexity index is 888. The van der Waals surface area contributed by atoms with Crippen molar-refractivity contribution < 1.29 is 0 Å². The Kier molecular flexibility index (Phi) is 1.88. The van der Waals surface area contributed by atoms with Gasteiger partial charge in [-0.3, -0.25) is 5.10 Å². The number of nitrogen functional groups attached to an aromatic ring is 1. The first kappa shape index (κ1) is 10.1. The van der Waals surface area contributed by atoms with Crippen LogP contribution in [0.4, 0.5) is 5.82 Å². The SMILES string of the molecule is Nc1nc(-c2ccc3cn[nH]c3c2)cn2ccnc12. The number of aromatic nitrogens is 5. The van der Waals surface area contributed by atoms with E-state index in [4.69, 9.17) is 5.73 Å². The molecule has 0 spiro atoms. The molecule has 19 heavy (non-hydrogen) atoms. The van der Waals surface area contributed by atoms with Gasteiger partial charge < -0.3 is 10.1 Å². The van der Waals surface area contributed by atoms with Crippen LogP contribution in [0.15, 0.2) is 43.0 Å². The Morgan fingerprint density at radius 1 is 1.26 bits per heavy atom. The molecule has 6 heteroatoms. The number of nitrogens with zero attached hydrogens (tertiary/aromatic N) is 4. The van der Waals surface area contributed by atoms with Gasteiger partial charge in [0.05, 0.1) is 17.4 Å². The summed E-state index contributed by atoms with van der Waals surface area (Å²) >= 11 is 0. The van der Waals surface area contributed by atoms with Crippen molar-refractivity contribution in [1.82, 2.24) is 24.6 Å². The van der Waals surface area contributed by atoms with E-state index in [1.165, 1.54) is 0 Å². The summed E-state index contributed by atoms with van der Waals surface area (Å²) in [6.45, 7) is 0. The minimum absolute atomic E-state index is 0.423. The molecule has 0 bridgehead atoms. The number of benzene rings is 1. The molecule has 4 aromatic rings. The van der Waals surface area contributed by atoms with Crippen molar-refractivity contribution in [3.05, 3.63) is 43.0 Å². The third-order valence-corrected chi connectivity index (χ3v) is 3.14. The van der Waals surface area contributed by atoms with E-state index >= 15 is 0 Å². The largest absolute Gasteiger partial charge is 0.381 e. The fourth-order valence-corrected chi connectivity index (χ4v) is 2.19. The monoisotopic (exact) mass is 250 g/mol. The van der Waals surface area contributed by atoms with Gasteiger partial charge in [-0.25, -0.2) is 9.97 Å². The molecule has 0 atom stereocenters. The Hall–Kier alpha value is -2.89. The lowest BCUT2D eigenvalue weighted by Crippen LogP contribution is -1.98. The maximum absolute atomic E-state index is 5.92. The highest BCUT2D eigenvalue weighted by Gasteiger charge is 2.07. The predicted molar refractivity (Wildman–Crippen MR) is 72.5 cm³/mol. The summed E-state index contributed by atoms with van der Waals surface area (Å²) in [5.74, 6) is 0.423. The van der Waals surface area contributed by atoms with Crippen LogP contribution in [0, 0.1) is 0 Å². The minimum Gasteiger partial charge on any atom is -0.381 e. The van der Waals surface area contributed by atoms with Crippen molar-refractivity contribution in [2.75, 3.05) is 5.73 Å². The summed E-state index contributed by atoms with van der Waals surface area (Å²) in [5, 5.41) is 8.03. The van der Waals surface area contributed by atoms with Gasteiger partial charge in [0, 0.05) is 29.5 Å². The fraction of sp³-hybridized carbons (Fsp3) is 0. The molecule has 0 unspecified atom stereocenters. The van der Waals surface area contributed by atoms with E-state index in [0.29, 0.717) is 11.5 Å². The van der Waals surface area contributed by atoms with Crippen LogP contribution in [0.3, 0.4) is 0 Å². The molecular formula is C13H10N6. The highest BCUT2D eigenvalue weighted by Crippen LogP contribution is 2.23. The highest BCUT2D eigenvalue weighted by atomic mass is 15.1. The minimum atomic E-state index is 0.423. The number of aromatic amines is 1. The first-order chi connectivity index (χ1) is 9.31. The Morgan fingerprint density at radius 3 is 3.16 bits per heavy atom. The van der Waals surface area contributed by atoms with Crippen LogP contribution in [-0.2, 0) is 0 Å². The van der Waals surface area contributed by atoms with E-state index in [9.17, 15) is 0 Å². The molecule has 1 aromatic carbocycles. The molecule has 6 nitrogen and oxygen atoms in total. The number of fused-ring (bicyclic) bond motifs is 2. The van der Waals surface area contributed by atoms with Crippen LogP contribution in [-0.4, -0.2) is 24.6 Å². The molecule has 0 aliphatic carbocycles. The summed E-state index contributed by atoms with van der Waals surface area (Å²) in [7, 11) is 0. The molecular weight excluding hydrogens is 240 g/mol. The standard InChI is InChI=1S/C13H10N6/c14-12-13-15-3-4-19(13)7-11(17-12)8-1-2-9-6-16-18-10(9)5-8/h1-7H,(H2,14,17)(H,16,18). The average molecular weight is 250 g/mol. The van der Waals surface area contributed by atoms with Crippen molar-refractivity contribution in [1.29, 1.82) is 0 Å². The number of nitrogens with two attached hydrogens (primary N) is 1. The van der Waals surface area contributed by atoms with Gasteiger partial charge in [0.15, 0.2) is 11.5 Å². The lowest BCUT2D eigenvalue weighted by atomic mass is 10.1. The van der Waals surface area contributed by atoms with E-state index in [-0.39, 0.29) is 0 Å². The number of imidazole rings is 1. The van der Waals surface area contributed by atoms with Gasteiger partial charge in [0.25, 0.3) is 0 Å². The second-order valence-corrected chi connectivity index (χ2v) is 4.34. The van der Waals surface area contributed by atoms with E-state index < -0.39 is 0 Å². The fourth-order valence-electron chi connectivity index (χ4n) is 2.19. The summed E-state index contributed by atoms with van der Waals surface area (Å²) in [6, 6.07) is 6.01. The molecule has 0 aliphatic heterocycles. The van der Waals surface area contributed by atoms with Crippen LogP contribution in [0.2, 0.25) is 0 Å². The van der Waals surface area contributed by atoms with E-state index in [0.717, 1.165) is 22.2 Å². The Labute approximate surface area is 107 Å². The smallest absolute Gasteiger partial charge is 0.179 e. The van der Waals surface area contributed by atoms with Crippen molar-refractivity contribution in [3.8, 4) is 11.3 Å². The zero-order chi connectivity index (χ0) is 12.8. The van der Waals surface area contributed by atoms with Crippen LogP contribution < -0.4 is 5.73 Å². The number of H-pyrrole nitrogens is 1. The lowest BCUT2D eigenvalue weighted by Gasteiger charge is -2.04. The molecule has 0 amide bonds. The second-order valence-electron chi connectivity index (χ2n) is 4.34. The van der Waals surface area contributed by atoms with Gasteiger partial charge in [-0.1, -0.05) is 12.1 Å². The van der Waals surface area contributed by atoms with E-state index in [1.54, 1.807) is 12.4 Å². The van der Waals surface area contributed by atoms with Crippen molar-refractivity contribution in [3.63, 3.8) is 0 Å². The van der Waals surface area contributed by atoms with Gasteiger partial charge in [-0.05, 0) is 6.07 Å². The topological polar surface area (TPSA) is 84.9 Å². The van der Waals surface area contributed by atoms with Gasteiger partial charge in [-0.15, -0.1) is 0 Å². The third-order valence-electron chi connectivity index (χ3n) is 3.14. The van der Waals surface area contributed by atoms with Crippen molar-refractivity contribution in [2.24, 2.45) is 0 Å². The summed E-state index contributed by atoms with van der Waals surface area (Å²) in [4.78, 5) is 8.55. The van der Waals surface area contributed by atoms with Gasteiger partial charge in [0.1, 0.15) is 0 Å². The zero-order valence-corrected chi connectivity index (χ0v) is 9.91. The molecule has 3 aromatic heterocycles. The maximum Gasteiger partial charge on any atom is 0.179 e. The van der Waals surface area contributed by atoms with Crippen LogP contribution in [0.1, 0.15) is 0 Å². The Morgan fingerprint density at radius 2 is 2.21 bits per heavy atom. The maximum atomic E-state index is 5.92. The summed E-state index contributed by atoms with van der Waals surface area (Å²) < 4.78 is 1.87. The summed E-state index contributed by atoms with van der Waals surface area (Å²) in [5.41, 5.74) is 9.36. The van der Waals surface area contributed by atoms with Gasteiger partial charge >= 0.3 is 0 Å².